The van der Waals surface area contributed by atoms with Gasteiger partial charge in [-0.25, -0.2) is 10.8 Å². The van der Waals surface area contributed by atoms with Crippen molar-refractivity contribution in [3.8, 4) is 0 Å². The minimum Gasteiger partial charge on any atom is -0.298 e. The van der Waals surface area contributed by atoms with Crippen molar-refractivity contribution in [2.24, 2.45) is 5.84 Å². The fourth-order valence-electron chi connectivity index (χ4n) is 2.50. The Morgan fingerprint density at radius 1 is 1.50 bits per heavy atom. The van der Waals surface area contributed by atoms with Crippen LogP contribution in [0.1, 0.15) is 41.9 Å². The van der Waals surface area contributed by atoms with Gasteiger partial charge in [-0.3, -0.25) is 15.1 Å². The summed E-state index contributed by atoms with van der Waals surface area (Å²) in [6.45, 7) is 0.774. The van der Waals surface area contributed by atoms with Crippen LogP contribution in [0.5, 0.6) is 0 Å². The van der Waals surface area contributed by atoms with Gasteiger partial charge in [-0.2, -0.15) is 0 Å². The van der Waals surface area contributed by atoms with Crippen LogP contribution in [0.15, 0.2) is 18.2 Å². The first kappa shape index (κ1) is 13.0. The molecule has 98 valence electrons. The number of hydrazine groups is 1. The smallest absolute Gasteiger partial charge is 0.283 e. The number of carbonyl (C=O) groups is 1. The summed E-state index contributed by atoms with van der Waals surface area (Å²) in [6, 6.07) is 6.11. The molecule has 1 amide bonds. The maximum absolute atomic E-state index is 11.4. The third-order valence-electron chi connectivity index (χ3n) is 3.53. The van der Waals surface area contributed by atoms with Crippen molar-refractivity contribution in [1.29, 1.82) is 0 Å². The van der Waals surface area contributed by atoms with Crippen LogP contribution in [0.3, 0.4) is 0 Å². The van der Waals surface area contributed by atoms with E-state index in [1.807, 2.05) is 12.1 Å². The van der Waals surface area contributed by atoms with E-state index in [4.69, 9.17) is 5.84 Å². The number of nitrogen functional groups attached to an aromatic ring is 1. The number of pyridine rings is 1. The number of carbonyl (C=O) groups excluding carboxylic acids is 1. The molecule has 1 saturated carbocycles. The van der Waals surface area contributed by atoms with Gasteiger partial charge in [0.05, 0.1) is 5.69 Å². The van der Waals surface area contributed by atoms with Crippen molar-refractivity contribution in [3.63, 3.8) is 0 Å². The molecule has 5 nitrogen and oxygen atoms in total. The molecular weight excluding hydrogens is 228 g/mol. The number of aromatic nitrogens is 1. The lowest BCUT2D eigenvalue weighted by Crippen LogP contribution is -2.32. The number of amides is 1. The normalized spacial score (nSPS) is 16.2. The molecule has 2 rings (SSSR count). The predicted octanol–water partition coefficient (Wildman–Crippen LogP) is 1.06. The first-order chi connectivity index (χ1) is 8.70. The van der Waals surface area contributed by atoms with Gasteiger partial charge in [0, 0.05) is 12.6 Å². The van der Waals surface area contributed by atoms with E-state index in [9.17, 15) is 4.79 Å². The van der Waals surface area contributed by atoms with Crippen LogP contribution in [-0.2, 0) is 6.54 Å². The average Bonchev–Trinajstić information content (AvgIpc) is 2.92. The molecular formula is C13H20N4O. The van der Waals surface area contributed by atoms with Gasteiger partial charge in [0.15, 0.2) is 0 Å². The molecule has 0 aliphatic heterocycles. The molecule has 18 heavy (non-hydrogen) atoms. The zero-order valence-corrected chi connectivity index (χ0v) is 10.7. The molecule has 3 N–H and O–H groups in total. The Kier molecular flexibility index (Phi) is 4.28. The molecule has 5 heteroatoms. The molecule has 0 aromatic carbocycles. The minimum atomic E-state index is -0.347. The average molecular weight is 248 g/mol. The summed E-state index contributed by atoms with van der Waals surface area (Å²) in [7, 11) is 2.12. The number of nitrogens with two attached hydrogens (primary N) is 1. The van der Waals surface area contributed by atoms with Crippen LogP contribution >= 0.6 is 0 Å². The molecule has 0 unspecified atom stereocenters. The van der Waals surface area contributed by atoms with E-state index < -0.39 is 0 Å². The number of rotatable bonds is 4. The number of hydrogen-bond donors (Lipinski definition) is 2. The van der Waals surface area contributed by atoms with Crippen molar-refractivity contribution < 1.29 is 4.79 Å². The zero-order valence-electron chi connectivity index (χ0n) is 10.7. The van der Waals surface area contributed by atoms with Crippen LogP contribution in [0.4, 0.5) is 0 Å². The van der Waals surface area contributed by atoms with Crippen molar-refractivity contribution in [2.75, 3.05) is 7.05 Å². The monoisotopic (exact) mass is 248 g/mol. The molecule has 1 aromatic heterocycles. The Morgan fingerprint density at radius 3 is 2.89 bits per heavy atom. The molecule has 0 saturated heterocycles. The van der Waals surface area contributed by atoms with Gasteiger partial charge in [-0.1, -0.05) is 18.9 Å². The second-order valence-corrected chi connectivity index (χ2v) is 4.84. The van der Waals surface area contributed by atoms with Gasteiger partial charge >= 0.3 is 0 Å². The summed E-state index contributed by atoms with van der Waals surface area (Å²) in [4.78, 5) is 18.0. The largest absolute Gasteiger partial charge is 0.298 e. The Hall–Kier alpha value is -1.46. The predicted molar refractivity (Wildman–Crippen MR) is 69.6 cm³/mol. The van der Waals surface area contributed by atoms with Crippen LogP contribution in [0, 0.1) is 0 Å². The first-order valence-corrected chi connectivity index (χ1v) is 6.38. The fourth-order valence-corrected chi connectivity index (χ4v) is 2.50. The fraction of sp³-hybridized carbons (Fsp3) is 0.538. The van der Waals surface area contributed by atoms with Crippen molar-refractivity contribution in [3.05, 3.63) is 29.6 Å². The van der Waals surface area contributed by atoms with E-state index in [-0.39, 0.29) is 5.91 Å². The maximum atomic E-state index is 11.4. The molecule has 1 aromatic rings. The molecule has 0 spiro atoms. The van der Waals surface area contributed by atoms with Gasteiger partial charge in [-0.05, 0) is 32.0 Å². The third-order valence-corrected chi connectivity index (χ3v) is 3.53. The van der Waals surface area contributed by atoms with Gasteiger partial charge in [-0.15, -0.1) is 0 Å². The Labute approximate surface area is 107 Å². The highest BCUT2D eigenvalue weighted by molar-refractivity contribution is 5.91. The summed E-state index contributed by atoms with van der Waals surface area (Å²) < 4.78 is 0. The molecule has 1 heterocycles. The highest BCUT2D eigenvalue weighted by Crippen LogP contribution is 2.23. The Morgan fingerprint density at radius 2 is 2.22 bits per heavy atom. The number of nitrogens with one attached hydrogen (secondary N) is 1. The highest BCUT2D eigenvalue weighted by atomic mass is 16.2. The summed E-state index contributed by atoms with van der Waals surface area (Å²) in [6.07, 6.45) is 5.16. The van der Waals surface area contributed by atoms with E-state index in [0.717, 1.165) is 12.2 Å². The van der Waals surface area contributed by atoms with Crippen LogP contribution < -0.4 is 11.3 Å². The van der Waals surface area contributed by atoms with Crippen molar-refractivity contribution >= 4 is 5.91 Å². The molecule has 0 bridgehead atoms. The second kappa shape index (κ2) is 5.93. The van der Waals surface area contributed by atoms with E-state index in [0.29, 0.717) is 11.7 Å². The minimum absolute atomic E-state index is 0.347. The maximum Gasteiger partial charge on any atom is 0.283 e. The van der Waals surface area contributed by atoms with Crippen LogP contribution in [0.2, 0.25) is 0 Å². The zero-order chi connectivity index (χ0) is 13.0. The van der Waals surface area contributed by atoms with Gasteiger partial charge < -0.3 is 0 Å². The van der Waals surface area contributed by atoms with Crippen molar-refractivity contribution in [2.45, 2.75) is 38.3 Å². The lowest BCUT2D eigenvalue weighted by molar-refractivity contribution is 0.0948. The molecule has 1 aliphatic carbocycles. The molecule has 0 atom stereocenters. The highest BCUT2D eigenvalue weighted by Gasteiger charge is 2.19. The molecule has 0 radical (unpaired) electrons. The van der Waals surface area contributed by atoms with Gasteiger partial charge in [0.25, 0.3) is 5.91 Å². The van der Waals surface area contributed by atoms with E-state index in [1.54, 1.807) is 6.07 Å². The summed E-state index contributed by atoms with van der Waals surface area (Å²) in [5.41, 5.74) is 3.38. The van der Waals surface area contributed by atoms with Crippen LogP contribution in [-0.4, -0.2) is 28.9 Å². The van der Waals surface area contributed by atoms with E-state index in [1.165, 1.54) is 25.7 Å². The van der Waals surface area contributed by atoms with E-state index >= 15 is 0 Å². The SMILES string of the molecule is CN(Cc1cccc(C(=O)NN)n1)C1CCCC1. The Balaban J connectivity index is 2.02. The second-order valence-electron chi connectivity index (χ2n) is 4.84. The lowest BCUT2D eigenvalue weighted by atomic mass is 10.2. The van der Waals surface area contributed by atoms with Gasteiger partial charge in [0.2, 0.25) is 0 Å². The Bertz CT molecular complexity index is 415. The summed E-state index contributed by atoms with van der Waals surface area (Å²) in [5, 5.41) is 0. The lowest BCUT2D eigenvalue weighted by Gasteiger charge is -2.23. The third kappa shape index (κ3) is 3.05. The number of hydrogen-bond acceptors (Lipinski definition) is 4. The summed E-state index contributed by atoms with van der Waals surface area (Å²) in [5.74, 6) is 4.76. The van der Waals surface area contributed by atoms with Gasteiger partial charge in [0.1, 0.15) is 5.69 Å². The summed E-state index contributed by atoms with van der Waals surface area (Å²) >= 11 is 0. The molecule has 1 fully saturated rings. The number of nitrogens with zero attached hydrogens (tertiary/aromatic N) is 2. The first-order valence-electron chi connectivity index (χ1n) is 6.38. The standard InChI is InChI=1S/C13H20N4O/c1-17(11-6-2-3-7-11)9-10-5-4-8-12(15-10)13(18)16-14/h4-5,8,11H,2-3,6-7,9,14H2,1H3,(H,16,18). The molecule has 1 aliphatic rings. The topological polar surface area (TPSA) is 71.2 Å². The van der Waals surface area contributed by atoms with Crippen molar-refractivity contribution in [1.82, 2.24) is 15.3 Å². The van der Waals surface area contributed by atoms with E-state index in [2.05, 4.69) is 22.4 Å². The quantitative estimate of drug-likeness (QED) is 0.475. The van der Waals surface area contributed by atoms with Crippen LogP contribution in [0.25, 0.3) is 0 Å².